The molecule has 0 aliphatic carbocycles. The van der Waals surface area contributed by atoms with E-state index < -0.39 is 5.91 Å². The van der Waals surface area contributed by atoms with Gasteiger partial charge in [-0.3, -0.25) is 10.0 Å². The van der Waals surface area contributed by atoms with Crippen molar-refractivity contribution in [2.45, 2.75) is 6.92 Å². The average molecular weight is 287 g/mol. The van der Waals surface area contributed by atoms with Gasteiger partial charge in [-0.2, -0.15) is 0 Å². The van der Waals surface area contributed by atoms with E-state index in [1.165, 1.54) is 12.6 Å². The molecule has 2 N–H and O–H groups in total. The van der Waals surface area contributed by atoms with Gasteiger partial charge in [0.15, 0.2) is 5.71 Å². The van der Waals surface area contributed by atoms with Gasteiger partial charge in [0.25, 0.3) is 5.91 Å². The minimum Gasteiger partial charge on any atom is -0.398 e. The molecule has 0 bridgehead atoms. The molecule has 1 aromatic carbocycles. The summed E-state index contributed by atoms with van der Waals surface area (Å²) in [5, 5.41) is 12.2. The number of carbonyl (C=O) groups excluding carboxylic acids is 1. The molecule has 0 radical (unpaired) electrons. The second-order valence-electron chi connectivity index (χ2n) is 3.02. The number of amides is 1. The number of aryl methyl sites for hydroxylation is 1. The Balaban J connectivity index is 3.26. The van der Waals surface area contributed by atoms with Gasteiger partial charge in [0.1, 0.15) is 7.11 Å². The van der Waals surface area contributed by atoms with Crippen LogP contribution < -0.4 is 5.48 Å². The smallest absolute Gasteiger partial charge is 0.297 e. The number of hydrogen-bond acceptors (Lipinski definition) is 4. The molecule has 0 aliphatic heterocycles. The maximum atomic E-state index is 11.4. The van der Waals surface area contributed by atoms with Gasteiger partial charge in [-0.15, -0.1) is 0 Å². The topological polar surface area (TPSA) is 70.9 Å². The number of hydroxylamine groups is 1. The molecule has 0 spiro atoms. The normalized spacial score (nSPS) is 11.1. The SMILES string of the molecule is CO/N=C(/C(=O)NO)c1cc(Br)ccc1C. The van der Waals surface area contributed by atoms with Gasteiger partial charge < -0.3 is 4.84 Å². The van der Waals surface area contributed by atoms with E-state index in [-0.39, 0.29) is 5.71 Å². The van der Waals surface area contributed by atoms with E-state index in [0.717, 1.165) is 10.0 Å². The number of halogens is 1. The standard InChI is InChI=1S/C10H11BrN2O3/c1-6-3-4-7(11)5-8(6)9(13-16-2)10(14)12-15/h3-5,15H,1-2H3,(H,12,14)/b13-9+. The van der Waals surface area contributed by atoms with Crippen molar-refractivity contribution in [1.82, 2.24) is 5.48 Å². The zero-order valence-electron chi connectivity index (χ0n) is 8.82. The quantitative estimate of drug-likeness (QED) is 0.504. The third-order valence-electron chi connectivity index (χ3n) is 1.95. The van der Waals surface area contributed by atoms with Gasteiger partial charge in [0.05, 0.1) is 0 Å². The van der Waals surface area contributed by atoms with E-state index in [4.69, 9.17) is 5.21 Å². The first-order chi connectivity index (χ1) is 7.60. The molecule has 0 saturated heterocycles. The average Bonchev–Trinajstić information content (AvgIpc) is 2.28. The van der Waals surface area contributed by atoms with Crippen LogP contribution in [0.4, 0.5) is 0 Å². The lowest BCUT2D eigenvalue weighted by Crippen LogP contribution is -2.29. The summed E-state index contributed by atoms with van der Waals surface area (Å²) in [5.41, 5.74) is 2.98. The van der Waals surface area contributed by atoms with E-state index in [0.29, 0.717) is 5.56 Å². The molecular formula is C10H11BrN2O3. The fourth-order valence-corrected chi connectivity index (χ4v) is 1.57. The highest BCUT2D eigenvalue weighted by Gasteiger charge is 2.16. The van der Waals surface area contributed by atoms with Crippen molar-refractivity contribution in [2.24, 2.45) is 5.16 Å². The number of rotatable bonds is 3. The monoisotopic (exact) mass is 286 g/mol. The highest BCUT2D eigenvalue weighted by atomic mass is 79.9. The van der Waals surface area contributed by atoms with Gasteiger partial charge in [-0.1, -0.05) is 27.2 Å². The molecule has 0 aliphatic rings. The molecular weight excluding hydrogens is 276 g/mol. The predicted octanol–water partition coefficient (Wildman–Crippen LogP) is 1.61. The largest absolute Gasteiger partial charge is 0.398 e. The first kappa shape index (κ1) is 12.7. The first-order valence-corrected chi connectivity index (χ1v) is 5.21. The van der Waals surface area contributed by atoms with Crippen LogP contribution >= 0.6 is 15.9 Å². The van der Waals surface area contributed by atoms with Gasteiger partial charge in [-0.05, 0) is 24.6 Å². The van der Waals surface area contributed by atoms with Gasteiger partial charge >= 0.3 is 0 Å². The maximum absolute atomic E-state index is 11.4. The van der Waals surface area contributed by atoms with Crippen molar-refractivity contribution in [1.29, 1.82) is 0 Å². The molecule has 86 valence electrons. The Hall–Kier alpha value is -1.40. The molecule has 0 unspecified atom stereocenters. The third kappa shape index (κ3) is 2.80. The van der Waals surface area contributed by atoms with Crippen LogP contribution in [0.5, 0.6) is 0 Å². The fraction of sp³-hybridized carbons (Fsp3) is 0.200. The lowest BCUT2D eigenvalue weighted by atomic mass is 10.0. The molecule has 0 heterocycles. The summed E-state index contributed by atoms with van der Waals surface area (Å²) in [6.45, 7) is 1.83. The van der Waals surface area contributed by atoms with Crippen LogP contribution in [0, 0.1) is 6.92 Å². The summed E-state index contributed by atoms with van der Waals surface area (Å²) in [6, 6.07) is 5.40. The second kappa shape index (κ2) is 5.62. The molecule has 16 heavy (non-hydrogen) atoms. The number of oxime groups is 1. The summed E-state index contributed by atoms with van der Waals surface area (Å²) >= 11 is 3.30. The number of carbonyl (C=O) groups is 1. The van der Waals surface area contributed by atoms with Crippen LogP contribution in [0.3, 0.4) is 0 Å². The zero-order chi connectivity index (χ0) is 12.1. The third-order valence-corrected chi connectivity index (χ3v) is 2.45. The molecule has 0 atom stereocenters. The van der Waals surface area contributed by atoms with E-state index >= 15 is 0 Å². The van der Waals surface area contributed by atoms with Crippen LogP contribution in [-0.4, -0.2) is 23.9 Å². The van der Waals surface area contributed by atoms with E-state index in [2.05, 4.69) is 25.9 Å². The van der Waals surface area contributed by atoms with E-state index in [1.54, 1.807) is 6.07 Å². The Morgan fingerprint density at radius 2 is 2.25 bits per heavy atom. The zero-order valence-corrected chi connectivity index (χ0v) is 10.4. The van der Waals surface area contributed by atoms with Crippen molar-refractivity contribution < 1.29 is 14.8 Å². The predicted molar refractivity (Wildman–Crippen MR) is 62.4 cm³/mol. The number of nitrogens with one attached hydrogen (secondary N) is 1. The second-order valence-corrected chi connectivity index (χ2v) is 3.94. The maximum Gasteiger partial charge on any atom is 0.297 e. The Kier molecular flexibility index (Phi) is 4.45. The minimum atomic E-state index is -0.719. The van der Waals surface area contributed by atoms with Gasteiger partial charge in [-0.25, -0.2) is 5.48 Å². The lowest BCUT2D eigenvalue weighted by Gasteiger charge is -2.07. The van der Waals surface area contributed by atoms with Crippen LogP contribution in [0.2, 0.25) is 0 Å². The van der Waals surface area contributed by atoms with Gasteiger partial charge in [0.2, 0.25) is 0 Å². The number of hydrogen-bond donors (Lipinski definition) is 2. The van der Waals surface area contributed by atoms with Crippen LogP contribution in [0.25, 0.3) is 0 Å². The Morgan fingerprint density at radius 1 is 1.56 bits per heavy atom. The highest BCUT2D eigenvalue weighted by Crippen LogP contribution is 2.17. The Labute approximate surface area is 101 Å². The van der Waals surface area contributed by atoms with Crippen LogP contribution in [0.15, 0.2) is 27.8 Å². The highest BCUT2D eigenvalue weighted by molar-refractivity contribution is 9.10. The van der Waals surface area contributed by atoms with Crippen LogP contribution in [-0.2, 0) is 9.63 Å². The molecule has 1 amide bonds. The molecule has 1 rings (SSSR count). The van der Waals surface area contributed by atoms with Crippen molar-refractivity contribution in [3.8, 4) is 0 Å². The number of benzene rings is 1. The molecule has 6 heteroatoms. The van der Waals surface area contributed by atoms with E-state index in [9.17, 15) is 4.79 Å². The summed E-state index contributed by atoms with van der Waals surface area (Å²) in [5.74, 6) is -0.719. The van der Waals surface area contributed by atoms with Crippen molar-refractivity contribution in [3.63, 3.8) is 0 Å². The molecule has 0 aromatic heterocycles. The van der Waals surface area contributed by atoms with Crippen LogP contribution in [0.1, 0.15) is 11.1 Å². The lowest BCUT2D eigenvalue weighted by molar-refractivity contribution is -0.122. The molecule has 0 saturated carbocycles. The number of nitrogens with zero attached hydrogens (tertiary/aromatic N) is 1. The Morgan fingerprint density at radius 3 is 2.81 bits per heavy atom. The molecule has 5 nitrogen and oxygen atoms in total. The molecule has 1 aromatic rings. The van der Waals surface area contributed by atoms with Crippen molar-refractivity contribution in [2.75, 3.05) is 7.11 Å². The summed E-state index contributed by atoms with van der Waals surface area (Å²) in [6.07, 6.45) is 0. The Bertz CT molecular complexity index is 432. The fourth-order valence-electron chi connectivity index (χ4n) is 1.21. The summed E-state index contributed by atoms with van der Waals surface area (Å²) in [7, 11) is 1.33. The van der Waals surface area contributed by atoms with Crippen molar-refractivity contribution in [3.05, 3.63) is 33.8 Å². The summed E-state index contributed by atoms with van der Waals surface area (Å²) in [4.78, 5) is 16.0. The molecule has 0 fully saturated rings. The summed E-state index contributed by atoms with van der Waals surface area (Å²) < 4.78 is 0.808. The first-order valence-electron chi connectivity index (χ1n) is 4.42. The van der Waals surface area contributed by atoms with Crippen molar-refractivity contribution >= 4 is 27.5 Å². The van der Waals surface area contributed by atoms with E-state index in [1.807, 2.05) is 19.1 Å². The van der Waals surface area contributed by atoms with Gasteiger partial charge in [0, 0.05) is 10.0 Å². The minimum absolute atomic E-state index is 0.0174.